The zero-order valence-electron chi connectivity index (χ0n) is 19.7. The minimum absolute atomic E-state index is 0.365. The van der Waals surface area contributed by atoms with Gasteiger partial charge in [-0.15, -0.1) is 20.4 Å². The number of esters is 1. The van der Waals surface area contributed by atoms with Crippen molar-refractivity contribution in [1.82, 2.24) is 20.4 Å². The summed E-state index contributed by atoms with van der Waals surface area (Å²) in [6, 6.07) is 18.4. The Morgan fingerprint density at radius 2 is 1.00 bits per heavy atom. The number of rotatable bonds is 5. The maximum Gasteiger partial charge on any atom is 0.308 e. The van der Waals surface area contributed by atoms with Gasteiger partial charge in [0, 0.05) is 29.2 Å². The highest BCUT2D eigenvalue weighted by Crippen LogP contribution is 2.29. The first-order valence-corrected chi connectivity index (χ1v) is 11.0. The Kier molecular flexibility index (Phi) is 5.70. The Hall–Kier alpha value is -4.59. The van der Waals surface area contributed by atoms with Gasteiger partial charge in [0.2, 0.25) is 23.6 Å². The molecule has 8 nitrogen and oxygen atoms in total. The van der Waals surface area contributed by atoms with E-state index in [0.717, 1.165) is 22.3 Å². The van der Waals surface area contributed by atoms with Gasteiger partial charge in [0.15, 0.2) is 0 Å². The quantitative estimate of drug-likeness (QED) is 0.230. The molecule has 3 aromatic carbocycles. The second kappa shape index (κ2) is 8.98. The lowest BCUT2D eigenvalue weighted by Crippen LogP contribution is -2.00. The van der Waals surface area contributed by atoms with Crippen LogP contribution in [0, 0.1) is 20.8 Å². The normalized spacial score (nSPS) is 11.0. The number of aryl methyl sites for hydroxylation is 2. The molecule has 0 amide bonds. The van der Waals surface area contributed by atoms with Gasteiger partial charge < -0.3 is 13.6 Å². The van der Waals surface area contributed by atoms with E-state index in [1.54, 1.807) is 24.3 Å². The Morgan fingerprint density at radius 3 is 1.40 bits per heavy atom. The smallest absolute Gasteiger partial charge is 0.308 e. The predicted molar refractivity (Wildman–Crippen MR) is 129 cm³/mol. The molecule has 0 aliphatic rings. The van der Waals surface area contributed by atoms with Gasteiger partial charge in [-0.2, -0.15) is 0 Å². The van der Waals surface area contributed by atoms with Gasteiger partial charge in [0.05, 0.1) is 0 Å². The Bertz CT molecular complexity index is 1490. The van der Waals surface area contributed by atoms with Crippen LogP contribution in [-0.4, -0.2) is 26.4 Å². The number of aromatic nitrogens is 4. The highest BCUT2D eigenvalue weighted by atomic mass is 16.5. The van der Waals surface area contributed by atoms with Crippen LogP contribution in [0.15, 0.2) is 69.5 Å². The average Bonchev–Trinajstić information content (AvgIpc) is 3.53. The lowest BCUT2D eigenvalue weighted by Gasteiger charge is -2.06. The summed E-state index contributed by atoms with van der Waals surface area (Å²) >= 11 is 0. The highest BCUT2D eigenvalue weighted by Gasteiger charge is 2.15. The standard InChI is InChI=1S/C27H22N4O4/c1-15-13-22(14-16(2)17(15)3)27-31-30-25(35-27)20-7-5-19(6-8-20)24-28-29-26(34-24)21-9-11-23(12-10-21)33-18(4)32/h5-14H,1-4H3. The summed E-state index contributed by atoms with van der Waals surface area (Å²) in [7, 11) is 0. The van der Waals surface area contributed by atoms with Crippen molar-refractivity contribution < 1.29 is 18.4 Å². The molecule has 2 aromatic heterocycles. The fraction of sp³-hybridized carbons (Fsp3) is 0.148. The molecule has 0 aliphatic carbocycles. The molecule has 0 radical (unpaired) electrons. The van der Waals surface area contributed by atoms with Crippen LogP contribution in [-0.2, 0) is 4.79 Å². The molecule has 0 unspecified atom stereocenters. The molecule has 174 valence electrons. The van der Waals surface area contributed by atoms with E-state index in [2.05, 4.69) is 53.3 Å². The molecule has 0 saturated carbocycles. The van der Waals surface area contributed by atoms with E-state index in [9.17, 15) is 4.79 Å². The SMILES string of the molecule is CC(=O)Oc1ccc(-c2nnc(-c3ccc(-c4nnc(-c5cc(C)c(C)c(C)c5)o4)cc3)o2)cc1. The lowest BCUT2D eigenvalue weighted by atomic mass is 10.0. The van der Waals surface area contributed by atoms with Crippen LogP contribution in [0.25, 0.3) is 45.8 Å². The summed E-state index contributed by atoms with van der Waals surface area (Å²) in [6.07, 6.45) is 0. The van der Waals surface area contributed by atoms with Crippen LogP contribution in [0.1, 0.15) is 23.6 Å². The van der Waals surface area contributed by atoms with Gasteiger partial charge in [-0.25, -0.2) is 0 Å². The van der Waals surface area contributed by atoms with E-state index in [4.69, 9.17) is 13.6 Å². The first kappa shape index (κ1) is 22.2. The van der Waals surface area contributed by atoms with Crippen LogP contribution in [0.5, 0.6) is 5.75 Å². The Balaban J connectivity index is 1.34. The van der Waals surface area contributed by atoms with Gasteiger partial charge in [0.1, 0.15) is 5.75 Å². The molecule has 0 saturated heterocycles. The van der Waals surface area contributed by atoms with Crippen molar-refractivity contribution in [2.24, 2.45) is 0 Å². The third-order valence-corrected chi connectivity index (χ3v) is 5.77. The van der Waals surface area contributed by atoms with Crippen LogP contribution >= 0.6 is 0 Å². The van der Waals surface area contributed by atoms with Crippen LogP contribution in [0.3, 0.4) is 0 Å². The lowest BCUT2D eigenvalue weighted by molar-refractivity contribution is -0.131. The molecule has 0 aliphatic heterocycles. The van der Waals surface area contributed by atoms with Gasteiger partial charge in [-0.3, -0.25) is 4.79 Å². The monoisotopic (exact) mass is 466 g/mol. The molecular formula is C27H22N4O4. The number of carbonyl (C=O) groups is 1. The van der Waals surface area contributed by atoms with Gasteiger partial charge in [-0.05, 0) is 98.1 Å². The summed E-state index contributed by atoms with van der Waals surface area (Å²) in [4.78, 5) is 11.1. The number of benzene rings is 3. The van der Waals surface area contributed by atoms with Crippen molar-refractivity contribution >= 4 is 5.97 Å². The molecule has 8 heteroatoms. The third kappa shape index (κ3) is 4.59. The van der Waals surface area contributed by atoms with Crippen molar-refractivity contribution in [2.45, 2.75) is 27.7 Å². The van der Waals surface area contributed by atoms with Crippen molar-refractivity contribution in [2.75, 3.05) is 0 Å². The van der Waals surface area contributed by atoms with Gasteiger partial charge in [0.25, 0.3) is 0 Å². The average molecular weight is 466 g/mol. The predicted octanol–water partition coefficient (Wildman–Crippen LogP) is 5.97. The number of carbonyl (C=O) groups excluding carboxylic acids is 1. The van der Waals surface area contributed by atoms with Crippen LogP contribution in [0.4, 0.5) is 0 Å². The van der Waals surface area contributed by atoms with Crippen molar-refractivity contribution in [3.05, 3.63) is 77.4 Å². The van der Waals surface area contributed by atoms with E-state index in [0.29, 0.717) is 29.3 Å². The number of ether oxygens (including phenoxy) is 1. The number of nitrogens with zero attached hydrogens (tertiary/aromatic N) is 4. The Morgan fingerprint density at radius 1 is 0.629 bits per heavy atom. The van der Waals surface area contributed by atoms with Crippen molar-refractivity contribution in [3.8, 4) is 51.6 Å². The molecule has 5 rings (SSSR count). The first-order valence-electron chi connectivity index (χ1n) is 11.0. The molecule has 0 N–H and O–H groups in total. The van der Waals surface area contributed by atoms with Gasteiger partial charge >= 0.3 is 5.97 Å². The molecule has 0 fully saturated rings. The van der Waals surface area contributed by atoms with Crippen LogP contribution in [0.2, 0.25) is 0 Å². The molecule has 0 bridgehead atoms. The summed E-state index contributed by atoms with van der Waals surface area (Å²) in [5.41, 5.74) is 6.79. The number of hydrogen-bond acceptors (Lipinski definition) is 8. The minimum Gasteiger partial charge on any atom is -0.427 e. The number of hydrogen-bond donors (Lipinski definition) is 0. The van der Waals surface area contributed by atoms with E-state index < -0.39 is 0 Å². The zero-order chi connectivity index (χ0) is 24.5. The summed E-state index contributed by atoms with van der Waals surface area (Å²) < 4.78 is 16.8. The zero-order valence-corrected chi connectivity index (χ0v) is 19.7. The molecule has 2 heterocycles. The summed E-state index contributed by atoms with van der Waals surface area (Å²) in [5.74, 6) is 1.74. The fourth-order valence-corrected chi connectivity index (χ4v) is 3.66. The van der Waals surface area contributed by atoms with Crippen molar-refractivity contribution in [1.29, 1.82) is 0 Å². The molecule has 5 aromatic rings. The topological polar surface area (TPSA) is 104 Å². The molecule has 35 heavy (non-hydrogen) atoms. The van der Waals surface area contributed by atoms with E-state index in [1.165, 1.54) is 23.6 Å². The van der Waals surface area contributed by atoms with E-state index in [1.807, 2.05) is 24.3 Å². The second-order valence-electron chi connectivity index (χ2n) is 8.26. The molecule has 0 spiro atoms. The first-order chi connectivity index (χ1) is 16.9. The molecular weight excluding hydrogens is 444 g/mol. The summed E-state index contributed by atoms with van der Waals surface area (Å²) in [6.45, 7) is 7.60. The third-order valence-electron chi connectivity index (χ3n) is 5.77. The highest BCUT2D eigenvalue weighted by molar-refractivity contribution is 5.70. The Labute approximate surface area is 201 Å². The maximum absolute atomic E-state index is 11.1. The van der Waals surface area contributed by atoms with Crippen LogP contribution < -0.4 is 4.74 Å². The largest absolute Gasteiger partial charge is 0.427 e. The summed E-state index contributed by atoms with van der Waals surface area (Å²) in [5, 5.41) is 16.7. The van der Waals surface area contributed by atoms with E-state index in [-0.39, 0.29) is 5.97 Å². The van der Waals surface area contributed by atoms with Gasteiger partial charge in [-0.1, -0.05) is 0 Å². The molecule has 0 atom stereocenters. The minimum atomic E-state index is -0.377. The van der Waals surface area contributed by atoms with E-state index >= 15 is 0 Å². The maximum atomic E-state index is 11.1. The van der Waals surface area contributed by atoms with Crippen molar-refractivity contribution in [3.63, 3.8) is 0 Å². The second-order valence-corrected chi connectivity index (χ2v) is 8.26. The fourth-order valence-electron chi connectivity index (χ4n) is 3.66.